The molecule has 3 aromatic rings. The third-order valence-electron chi connectivity index (χ3n) is 5.04. The van der Waals surface area contributed by atoms with E-state index in [4.69, 9.17) is 4.74 Å². The molecule has 0 bridgehead atoms. The van der Waals surface area contributed by atoms with Crippen LogP contribution in [0, 0.1) is 0 Å². The Balaban J connectivity index is 1.24. The molecule has 1 aromatic heterocycles. The van der Waals surface area contributed by atoms with Crippen LogP contribution in [-0.4, -0.2) is 49.6 Å². The zero-order chi connectivity index (χ0) is 20.8. The number of aromatic nitrogens is 1. The van der Waals surface area contributed by atoms with Gasteiger partial charge < -0.3 is 20.3 Å². The predicted molar refractivity (Wildman–Crippen MR) is 117 cm³/mol. The summed E-state index contributed by atoms with van der Waals surface area (Å²) < 4.78 is 5.35. The SMILES string of the molecule is O=C(CCNC(=O)c1ccc2ccccc2c1)Nc1ccc(N2CCOCC2)cn1. The minimum absolute atomic E-state index is 0.173. The summed E-state index contributed by atoms with van der Waals surface area (Å²) >= 11 is 0. The molecule has 0 aliphatic carbocycles. The molecule has 0 atom stereocenters. The topological polar surface area (TPSA) is 83.6 Å². The number of nitrogens with zero attached hydrogens (tertiary/aromatic N) is 2. The molecule has 0 unspecified atom stereocenters. The lowest BCUT2D eigenvalue weighted by molar-refractivity contribution is -0.116. The summed E-state index contributed by atoms with van der Waals surface area (Å²) in [6, 6.07) is 17.2. The average Bonchev–Trinajstić information content (AvgIpc) is 2.80. The lowest BCUT2D eigenvalue weighted by atomic mass is 10.1. The first kappa shape index (κ1) is 19.8. The van der Waals surface area contributed by atoms with Crippen LogP contribution in [0.1, 0.15) is 16.8 Å². The number of rotatable bonds is 6. The Morgan fingerprint density at radius 1 is 1.00 bits per heavy atom. The lowest BCUT2D eigenvalue weighted by Crippen LogP contribution is -2.36. The number of ether oxygens (including phenoxy) is 1. The maximum Gasteiger partial charge on any atom is 0.251 e. The first-order valence-electron chi connectivity index (χ1n) is 10.0. The quantitative estimate of drug-likeness (QED) is 0.660. The number of carbonyl (C=O) groups is 2. The number of pyridine rings is 1. The molecule has 0 saturated carbocycles. The molecule has 1 aliphatic heterocycles. The van der Waals surface area contributed by atoms with Crippen LogP contribution in [0.3, 0.4) is 0 Å². The summed E-state index contributed by atoms with van der Waals surface area (Å²) in [5, 5.41) is 7.65. The van der Waals surface area contributed by atoms with E-state index in [1.54, 1.807) is 18.3 Å². The monoisotopic (exact) mass is 404 g/mol. The van der Waals surface area contributed by atoms with Crippen LogP contribution >= 0.6 is 0 Å². The first-order chi connectivity index (χ1) is 14.7. The second-order valence-corrected chi connectivity index (χ2v) is 7.12. The second kappa shape index (κ2) is 9.37. The van der Waals surface area contributed by atoms with Gasteiger partial charge in [0.15, 0.2) is 0 Å². The van der Waals surface area contributed by atoms with E-state index in [1.165, 1.54) is 0 Å². The van der Waals surface area contributed by atoms with Gasteiger partial charge in [-0.3, -0.25) is 9.59 Å². The third kappa shape index (κ3) is 4.93. The normalized spacial score (nSPS) is 13.8. The zero-order valence-electron chi connectivity index (χ0n) is 16.6. The van der Waals surface area contributed by atoms with Crippen molar-refractivity contribution in [3.05, 3.63) is 66.4 Å². The van der Waals surface area contributed by atoms with Crippen molar-refractivity contribution in [2.45, 2.75) is 6.42 Å². The Hall–Kier alpha value is -3.45. The molecule has 0 spiro atoms. The molecule has 2 N–H and O–H groups in total. The molecular formula is C23H24N4O3. The van der Waals surface area contributed by atoms with Gasteiger partial charge in [-0.2, -0.15) is 0 Å². The molecule has 2 amide bonds. The average molecular weight is 404 g/mol. The molecule has 2 heterocycles. The van der Waals surface area contributed by atoms with Gasteiger partial charge in [0.2, 0.25) is 5.91 Å². The van der Waals surface area contributed by atoms with Crippen LogP contribution in [0.15, 0.2) is 60.8 Å². The van der Waals surface area contributed by atoms with Crippen molar-refractivity contribution in [1.82, 2.24) is 10.3 Å². The Labute approximate surface area is 175 Å². The van der Waals surface area contributed by atoms with E-state index in [1.807, 2.05) is 42.5 Å². The third-order valence-corrected chi connectivity index (χ3v) is 5.04. The zero-order valence-corrected chi connectivity index (χ0v) is 16.6. The molecule has 7 heteroatoms. The predicted octanol–water partition coefficient (Wildman–Crippen LogP) is 2.83. The van der Waals surface area contributed by atoms with Crippen LogP contribution in [0.4, 0.5) is 11.5 Å². The Kier molecular flexibility index (Phi) is 6.20. The minimum atomic E-state index is -0.194. The number of amides is 2. The molecule has 7 nitrogen and oxygen atoms in total. The van der Waals surface area contributed by atoms with Crippen LogP contribution in [0.2, 0.25) is 0 Å². The lowest BCUT2D eigenvalue weighted by Gasteiger charge is -2.28. The van der Waals surface area contributed by atoms with E-state index in [2.05, 4.69) is 20.5 Å². The van der Waals surface area contributed by atoms with Crippen molar-refractivity contribution in [2.24, 2.45) is 0 Å². The molecule has 154 valence electrons. The van der Waals surface area contributed by atoms with Crippen molar-refractivity contribution in [1.29, 1.82) is 0 Å². The van der Waals surface area contributed by atoms with Crippen molar-refractivity contribution in [3.8, 4) is 0 Å². The van der Waals surface area contributed by atoms with E-state index in [0.717, 1.165) is 29.5 Å². The number of benzene rings is 2. The summed E-state index contributed by atoms with van der Waals surface area (Å²) in [6.07, 6.45) is 1.93. The van der Waals surface area contributed by atoms with E-state index in [9.17, 15) is 9.59 Å². The molecule has 1 aliphatic rings. The maximum atomic E-state index is 12.3. The van der Waals surface area contributed by atoms with Gasteiger partial charge in [0.05, 0.1) is 25.1 Å². The van der Waals surface area contributed by atoms with Crippen molar-refractivity contribution in [3.63, 3.8) is 0 Å². The van der Waals surface area contributed by atoms with Gasteiger partial charge in [-0.1, -0.05) is 30.3 Å². The maximum absolute atomic E-state index is 12.3. The van der Waals surface area contributed by atoms with Gasteiger partial charge in [-0.05, 0) is 35.0 Å². The summed E-state index contributed by atoms with van der Waals surface area (Å²) in [4.78, 5) is 31.0. The highest BCUT2D eigenvalue weighted by Gasteiger charge is 2.12. The number of anilines is 2. The van der Waals surface area contributed by atoms with Crippen LogP contribution in [0.25, 0.3) is 10.8 Å². The fraction of sp³-hybridized carbons (Fsp3) is 0.261. The van der Waals surface area contributed by atoms with Crippen LogP contribution in [-0.2, 0) is 9.53 Å². The van der Waals surface area contributed by atoms with Crippen molar-refractivity contribution >= 4 is 34.1 Å². The molecule has 1 fully saturated rings. The Morgan fingerprint density at radius 2 is 1.80 bits per heavy atom. The molecule has 2 aromatic carbocycles. The van der Waals surface area contributed by atoms with Crippen LogP contribution in [0.5, 0.6) is 0 Å². The molecular weight excluding hydrogens is 380 g/mol. The van der Waals surface area contributed by atoms with E-state index < -0.39 is 0 Å². The summed E-state index contributed by atoms with van der Waals surface area (Å²) in [5.41, 5.74) is 1.59. The number of fused-ring (bicyclic) bond motifs is 1. The highest BCUT2D eigenvalue weighted by atomic mass is 16.5. The second-order valence-electron chi connectivity index (χ2n) is 7.12. The molecule has 1 saturated heterocycles. The minimum Gasteiger partial charge on any atom is -0.378 e. The fourth-order valence-electron chi connectivity index (χ4n) is 3.40. The molecule has 0 radical (unpaired) electrons. The number of hydrogen-bond donors (Lipinski definition) is 2. The van der Waals surface area contributed by atoms with E-state index in [-0.39, 0.29) is 24.8 Å². The van der Waals surface area contributed by atoms with E-state index >= 15 is 0 Å². The van der Waals surface area contributed by atoms with Gasteiger partial charge >= 0.3 is 0 Å². The van der Waals surface area contributed by atoms with Gasteiger partial charge in [-0.25, -0.2) is 4.98 Å². The smallest absolute Gasteiger partial charge is 0.251 e. The van der Waals surface area contributed by atoms with E-state index in [0.29, 0.717) is 24.6 Å². The largest absolute Gasteiger partial charge is 0.378 e. The Bertz CT molecular complexity index is 1030. The summed E-state index contributed by atoms with van der Waals surface area (Å²) in [5.74, 6) is 0.111. The molecule has 30 heavy (non-hydrogen) atoms. The molecule has 4 rings (SSSR count). The standard InChI is InChI=1S/C23H24N4O3/c28-22(26-21-8-7-20(16-25-21)27-11-13-30-14-12-27)9-10-24-23(29)19-6-5-17-3-1-2-4-18(17)15-19/h1-8,15-16H,9-14H2,(H,24,29)(H,25,26,28). The fourth-order valence-corrected chi connectivity index (χ4v) is 3.40. The summed E-state index contributed by atoms with van der Waals surface area (Å²) in [7, 11) is 0. The number of hydrogen-bond acceptors (Lipinski definition) is 5. The van der Waals surface area contributed by atoms with Gasteiger partial charge in [0.25, 0.3) is 5.91 Å². The highest BCUT2D eigenvalue weighted by Crippen LogP contribution is 2.17. The summed E-state index contributed by atoms with van der Waals surface area (Å²) in [6.45, 7) is 3.35. The highest BCUT2D eigenvalue weighted by molar-refractivity contribution is 5.99. The van der Waals surface area contributed by atoms with Gasteiger partial charge in [-0.15, -0.1) is 0 Å². The van der Waals surface area contributed by atoms with Crippen molar-refractivity contribution < 1.29 is 14.3 Å². The van der Waals surface area contributed by atoms with Gasteiger partial charge in [0, 0.05) is 31.6 Å². The van der Waals surface area contributed by atoms with Gasteiger partial charge in [0.1, 0.15) is 5.82 Å². The van der Waals surface area contributed by atoms with Crippen molar-refractivity contribution in [2.75, 3.05) is 43.1 Å². The number of carbonyl (C=O) groups excluding carboxylic acids is 2. The number of morpholine rings is 1. The number of nitrogens with one attached hydrogen (secondary N) is 2. The Morgan fingerprint density at radius 3 is 2.57 bits per heavy atom. The van der Waals surface area contributed by atoms with Crippen LogP contribution < -0.4 is 15.5 Å². The first-order valence-corrected chi connectivity index (χ1v) is 10.0.